The van der Waals surface area contributed by atoms with Crippen LogP contribution in [0.2, 0.25) is 0 Å². The van der Waals surface area contributed by atoms with E-state index in [4.69, 9.17) is 0 Å². The van der Waals surface area contributed by atoms with Crippen LogP contribution < -0.4 is 9.80 Å². The lowest BCUT2D eigenvalue weighted by Gasteiger charge is -2.42. The van der Waals surface area contributed by atoms with Crippen molar-refractivity contribution in [2.45, 2.75) is 146 Å². The van der Waals surface area contributed by atoms with Gasteiger partial charge in [-0.3, -0.25) is 4.90 Å². The van der Waals surface area contributed by atoms with Crippen LogP contribution in [0, 0.1) is 23.7 Å². The van der Waals surface area contributed by atoms with Gasteiger partial charge in [-0.25, -0.2) is 0 Å². The lowest BCUT2D eigenvalue weighted by molar-refractivity contribution is 0.113. The van der Waals surface area contributed by atoms with Crippen molar-refractivity contribution in [1.82, 2.24) is 9.47 Å². The summed E-state index contributed by atoms with van der Waals surface area (Å²) in [7, 11) is 0. The third-order valence-electron chi connectivity index (χ3n) is 20.1. The van der Waals surface area contributed by atoms with Gasteiger partial charge in [0.15, 0.2) is 0 Å². The Morgan fingerprint density at radius 1 is 0.597 bits per heavy atom. The van der Waals surface area contributed by atoms with Crippen molar-refractivity contribution in [3.8, 4) is 0 Å². The van der Waals surface area contributed by atoms with E-state index in [2.05, 4.69) is 208 Å². The van der Waals surface area contributed by atoms with E-state index in [1.54, 1.807) is 11.1 Å². The van der Waals surface area contributed by atoms with Gasteiger partial charge < -0.3 is 14.4 Å². The first kappa shape index (κ1) is 47.6. The molecule has 1 aromatic heterocycles. The molecule has 4 aromatic carbocycles. The molecule has 2 fully saturated rings. The molecule has 4 heteroatoms. The van der Waals surface area contributed by atoms with Gasteiger partial charge >= 0.3 is 0 Å². The fraction of sp³-hybridized carbons (Fsp3) is 0.370. The molecule has 10 aliphatic rings. The van der Waals surface area contributed by atoms with Gasteiger partial charge in [0.25, 0.3) is 0 Å². The molecule has 1 saturated carbocycles. The topological polar surface area (TPSA) is 14.7 Å². The van der Waals surface area contributed by atoms with E-state index < -0.39 is 0 Å². The SMILES string of the molecule is CC1C=CC2C3CC(N(c4ccc(C5=C6CC6CC5)cc4)c4ccc(C5CC=C(N(c6ccc(C7=CC=CCC7)cc6)c6ccc7c(c6)c6c(n7C7=CCCC=C7)C=CCC6)CC5)cc4)C=CC3N(C3CC=CCC3)C2C1. The first-order valence-corrected chi connectivity index (χ1v) is 30.2. The number of allylic oxidation sites excluding steroid dienone is 15. The van der Waals surface area contributed by atoms with Crippen LogP contribution >= 0.6 is 0 Å². The minimum absolute atomic E-state index is 0.297. The largest absolute Gasteiger partial charge is 0.335 e. The molecule has 5 aromatic rings. The number of likely N-dealkylation sites (tertiary alicyclic amines) is 1. The van der Waals surface area contributed by atoms with Crippen LogP contribution in [-0.2, 0) is 6.42 Å². The van der Waals surface area contributed by atoms with Gasteiger partial charge in [-0.2, -0.15) is 0 Å². The number of aryl methyl sites for hydroxylation is 1. The van der Waals surface area contributed by atoms with Gasteiger partial charge in [-0.1, -0.05) is 128 Å². The Bertz CT molecular complexity index is 3410. The van der Waals surface area contributed by atoms with Crippen LogP contribution in [0.5, 0.6) is 0 Å². The summed E-state index contributed by atoms with van der Waals surface area (Å²) in [5, 5.41) is 1.39. The Hall–Kier alpha value is -6.62. The average Bonchev–Trinajstić information content (AvgIpc) is 3.92. The Kier molecular flexibility index (Phi) is 12.4. The molecular weight excluding hydrogens is 933 g/mol. The highest BCUT2D eigenvalue weighted by Crippen LogP contribution is 2.55. The molecule has 0 spiro atoms. The third kappa shape index (κ3) is 8.69. The maximum atomic E-state index is 3.02. The van der Waals surface area contributed by atoms with Crippen molar-refractivity contribution < 1.29 is 0 Å². The molecule has 0 amide bonds. The minimum atomic E-state index is 0.297. The summed E-state index contributed by atoms with van der Waals surface area (Å²) in [6.07, 6.45) is 56.5. The van der Waals surface area contributed by atoms with E-state index in [0.717, 1.165) is 63.7 Å². The molecule has 4 nitrogen and oxygen atoms in total. The molecule has 0 N–H and O–H groups in total. The third-order valence-corrected chi connectivity index (χ3v) is 20.1. The predicted octanol–water partition coefficient (Wildman–Crippen LogP) is 18.5. The highest BCUT2D eigenvalue weighted by atomic mass is 15.3. The standard InChI is InChI=1S/C73H76N4/c1-49-21-41-66-69-48-63(40-44-72(69)77(73(66)45-49)57-17-9-4-10-18-57)75(61-37-28-54(29-38-61)64-42-30-55-46-67(55)64)60-35-26-53(27-36-60)52-24-33-59(34-25-52)74(58-31-22-51(23-32-58)50-13-5-2-6-14-50)62-39-43-71-68(47-62)65-19-11-12-20-70(65)76(71)56-15-7-3-8-16-56/h2,4-5,7,9,12-13,15-16,20-23,26-29,31-33,35-41,43-44,47,49,52,55,57,63,66,69,72-73H,3,6,8,10-11,14,17-19,24-25,30,34,42,45-46,48H2,1H3. The van der Waals surface area contributed by atoms with Gasteiger partial charge in [0.2, 0.25) is 0 Å². The Morgan fingerprint density at radius 2 is 1.40 bits per heavy atom. The monoisotopic (exact) mass is 1010 g/mol. The number of aromatic nitrogens is 1. The molecule has 1 aliphatic heterocycles. The van der Waals surface area contributed by atoms with Crippen LogP contribution in [-0.4, -0.2) is 33.6 Å². The zero-order valence-corrected chi connectivity index (χ0v) is 45.3. The lowest BCUT2D eigenvalue weighted by atomic mass is 9.75. The number of hydrogen-bond donors (Lipinski definition) is 0. The van der Waals surface area contributed by atoms with Gasteiger partial charge in [-0.15, -0.1) is 0 Å². The second-order valence-corrected chi connectivity index (χ2v) is 24.6. The van der Waals surface area contributed by atoms with Crippen molar-refractivity contribution in [2.75, 3.05) is 9.80 Å². The van der Waals surface area contributed by atoms with E-state index in [1.807, 2.05) is 0 Å². The lowest BCUT2D eigenvalue weighted by Crippen LogP contribution is -2.47. The summed E-state index contributed by atoms with van der Waals surface area (Å²) in [4.78, 5) is 8.33. The van der Waals surface area contributed by atoms with Crippen molar-refractivity contribution in [2.24, 2.45) is 23.7 Å². The number of anilines is 4. The van der Waals surface area contributed by atoms with Crippen LogP contribution in [0.25, 0.3) is 33.8 Å². The molecule has 15 rings (SSSR count). The predicted molar refractivity (Wildman–Crippen MR) is 324 cm³/mol. The fourth-order valence-electron chi connectivity index (χ4n) is 16.2. The van der Waals surface area contributed by atoms with Gasteiger partial charge in [0.1, 0.15) is 0 Å². The normalized spacial score (nSPS) is 28.9. The van der Waals surface area contributed by atoms with Crippen LogP contribution in [0.4, 0.5) is 22.7 Å². The Morgan fingerprint density at radius 3 is 2.16 bits per heavy atom. The van der Waals surface area contributed by atoms with E-state index in [-0.39, 0.29) is 0 Å². The van der Waals surface area contributed by atoms with E-state index in [1.165, 1.54) is 130 Å². The van der Waals surface area contributed by atoms with Gasteiger partial charge in [0, 0.05) is 63.3 Å². The number of nitrogens with zero attached hydrogens (tertiary/aromatic N) is 4. The van der Waals surface area contributed by atoms with Gasteiger partial charge in [-0.05, 0) is 239 Å². The summed E-state index contributed by atoms with van der Waals surface area (Å²) in [5.41, 5.74) is 21.1. The summed E-state index contributed by atoms with van der Waals surface area (Å²) >= 11 is 0. The summed E-state index contributed by atoms with van der Waals surface area (Å²) in [5.74, 6) is 3.24. The molecule has 9 unspecified atom stereocenters. The van der Waals surface area contributed by atoms with Crippen molar-refractivity contribution in [1.29, 1.82) is 0 Å². The number of hydrogen-bond acceptors (Lipinski definition) is 3. The zero-order valence-electron chi connectivity index (χ0n) is 45.3. The Balaban J connectivity index is 0.741. The highest BCUT2D eigenvalue weighted by molar-refractivity contribution is 5.96. The van der Waals surface area contributed by atoms with Crippen molar-refractivity contribution >= 4 is 56.6 Å². The number of rotatable bonds is 11. The molecule has 1 saturated heterocycles. The van der Waals surface area contributed by atoms with E-state index >= 15 is 0 Å². The first-order chi connectivity index (χ1) is 38.1. The molecule has 0 bridgehead atoms. The van der Waals surface area contributed by atoms with E-state index in [9.17, 15) is 0 Å². The number of fused-ring (bicyclic) bond motifs is 7. The second kappa shape index (κ2) is 20.0. The van der Waals surface area contributed by atoms with Crippen LogP contribution in [0.1, 0.15) is 144 Å². The second-order valence-electron chi connectivity index (χ2n) is 24.6. The smallest absolute Gasteiger partial charge is 0.0539 e. The molecule has 9 aliphatic carbocycles. The zero-order chi connectivity index (χ0) is 51.0. The van der Waals surface area contributed by atoms with Crippen LogP contribution in [0.15, 0.2) is 187 Å². The summed E-state index contributed by atoms with van der Waals surface area (Å²) < 4.78 is 2.52. The summed E-state index contributed by atoms with van der Waals surface area (Å²) in [6.45, 7) is 2.44. The van der Waals surface area contributed by atoms with Crippen molar-refractivity contribution in [3.05, 3.63) is 215 Å². The first-order valence-electron chi connectivity index (χ1n) is 30.2. The van der Waals surface area contributed by atoms with Gasteiger partial charge in [0.05, 0.1) is 11.6 Å². The molecule has 388 valence electrons. The quantitative estimate of drug-likeness (QED) is 0.123. The average molecular weight is 1010 g/mol. The molecule has 2 heterocycles. The maximum Gasteiger partial charge on any atom is 0.0539 e. The molecule has 77 heavy (non-hydrogen) atoms. The Labute approximate surface area is 458 Å². The minimum Gasteiger partial charge on any atom is -0.335 e. The fourth-order valence-corrected chi connectivity index (χ4v) is 16.2. The van der Waals surface area contributed by atoms with Crippen LogP contribution in [0.3, 0.4) is 0 Å². The molecular formula is C73H76N4. The summed E-state index contributed by atoms with van der Waals surface area (Å²) in [6, 6.07) is 38.7. The number of benzene rings is 4. The highest BCUT2D eigenvalue weighted by Gasteiger charge is 2.52. The molecule has 9 atom stereocenters. The maximum absolute atomic E-state index is 3.02. The van der Waals surface area contributed by atoms with E-state index in [0.29, 0.717) is 47.8 Å². The molecule has 0 radical (unpaired) electrons. The van der Waals surface area contributed by atoms with Crippen molar-refractivity contribution in [3.63, 3.8) is 0 Å².